The Hall–Kier alpha value is -2.10. The van der Waals surface area contributed by atoms with E-state index in [0.29, 0.717) is 18.1 Å². The van der Waals surface area contributed by atoms with Gasteiger partial charge in [-0.2, -0.15) is 0 Å². The summed E-state index contributed by atoms with van der Waals surface area (Å²) in [6.07, 6.45) is 1.41. The number of hydrogen-bond acceptors (Lipinski definition) is 3. The second-order valence-corrected chi connectivity index (χ2v) is 3.62. The normalized spacial score (nSPS) is 17.5. The molecule has 0 aromatic heterocycles. The Balaban J connectivity index is 2.33. The maximum atomic E-state index is 11.9. The predicted molar refractivity (Wildman–Crippen MR) is 65.5 cm³/mol. The van der Waals surface area contributed by atoms with Crippen LogP contribution in [0.5, 0.6) is 0 Å². The fourth-order valence-electron chi connectivity index (χ4n) is 1.59. The van der Waals surface area contributed by atoms with Gasteiger partial charge in [0, 0.05) is 12.6 Å². The standard InChI is InChI=1S/C13H14N2O2/c1-3-17-9-11-13(16)15(2)12(14-11)10-7-5-4-6-8-10/h4-9H,3H2,1-2H3. The smallest absolute Gasteiger partial charge is 0.281 e. The SMILES string of the molecule is CCOC=C1N=C(c2ccccc2)N(C)C1=O. The topological polar surface area (TPSA) is 41.9 Å². The highest BCUT2D eigenvalue weighted by Gasteiger charge is 2.27. The summed E-state index contributed by atoms with van der Waals surface area (Å²) in [7, 11) is 1.71. The molecule has 1 aromatic carbocycles. The molecule has 1 aliphatic heterocycles. The Morgan fingerprint density at radius 1 is 1.35 bits per heavy atom. The van der Waals surface area contributed by atoms with Gasteiger partial charge in [-0.3, -0.25) is 9.69 Å². The summed E-state index contributed by atoms with van der Waals surface area (Å²) in [5, 5.41) is 0. The Bertz CT molecular complexity index is 477. The molecule has 0 saturated carbocycles. The van der Waals surface area contributed by atoms with E-state index in [1.165, 1.54) is 11.2 Å². The van der Waals surface area contributed by atoms with Crippen LogP contribution in [0.15, 0.2) is 47.3 Å². The van der Waals surface area contributed by atoms with Crippen LogP contribution >= 0.6 is 0 Å². The second kappa shape index (κ2) is 4.82. The summed E-state index contributed by atoms with van der Waals surface area (Å²) in [5.74, 6) is 0.513. The van der Waals surface area contributed by atoms with Gasteiger partial charge in [0.15, 0.2) is 5.70 Å². The number of carbonyl (C=O) groups excluding carboxylic acids is 1. The number of nitrogens with zero attached hydrogens (tertiary/aromatic N) is 2. The van der Waals surface area contributed by atoms with Gasteiger partial charge >= 0.3 is 0 Å². The van der Waals surface area contributed by atoms with Crippen LogP contribution < -0.4 is 0 Å². The molecule has 2 rings (SSSR count). The van der Waals surface area contributed by atoms with Gasteiger partial charge in [0.25, 0.3) is 5.91 Å². The zero-order valence-corrected chi connectivity index (χ0v) is 9.88. The van der Waals surface area contributed by atoms with Crippen LogP contribution in [0.1, 0.15) is 12.5 Å². The highest BCUT2D eigenvalue weighted by molar-refractivity contribution is 6.17. The van der Waals surface area contributed by atoms with Gasteiger partial charge in [0.1, 0.15) is 12.1 Å². The van der Waals surface area contributed by atoms with Crippen molar-refractivity contribution in [2.75, 3.05) is 13.7 Å². The lowest BCUT2D eigenvalue weighted by Crippen LogP contribution is -2.28. The Kier molecular flexibility index (Phi) is 3.23. The predicted octanol–water partition coefficient (Wildman–Crippen LogP) is 1.78. The first kappa shape index (κ1) is 11.4. The van der Waals surface area contributed by atoms with Gasteiger partial charge in [-0.25, -0.2) is 4.99 Å². The third-order valence-corrected chi connectivity index (χ3v) is 2.46. The molecule has 0 bridgehead atoms. The minimum atomic E-state index is -0.141. The molecule has 88 valence electrons. The molecule has 17 heavy (non-hydrogen) atoms. The van der Waals surface area contributed by atoms with Crippen LogP contribution in [0.25, 0.3) is 0 Å². The molecule has 1 aromatic rings. The summed E-state index contributed by atoms with van der Waals surface area (Å²) < 4.78 is 5.10. The van der Waals surface area contributed by atoms with E-state index in [-0.39, 0.29) is 5.91 Å². The lowest BCUT2D eigenvalue weighted by molar-refractivity contribution is -0.121. The van der Waals surface area contributed by atoms with Crippen molar-refractivity contribution in [3.8, 4) is 0 Å². The van der Waals surface area contributed by atoms with Crippen molar-refractivity contribution in [1.82, 2.24) is 4.90 Å². The summed E-state index contributed by atoms with van der Waals surface area (Å²) >= 11 is 0. The summed E-state index contributed by atoms with van der Waals surface area (Å²) in [4.78, 5) is 17.7. The van der Waals surface area contributed by atoms with Crippen molar-refractivity contribution >= 4 is 11.7 Å². The van der Waals surface area contributed by atoms with Crippen LogP contribution in [-0.2, 0) is 9.53 Å². The quantitative estimate of drug-likeness (QED) is 0.586. The monoisotopic (exact) mass is 230 g/mol. The van der Waals surface area contributed by atoms with Gasteiger partial charge < -0.3 is 4.74 Å². The maximum absolute atomic E-state index is 11.9. The van der Waals surface area contributed by atoms with E-state index in [4.69, 9.17) is 4.74 Å². The van der Waals surface area contributed by atoms with E-state index < -0.39 is 0 Å². The van der Waals surface area contributed by atoms with E-state index in [9.17, 15) is 4.79 Å². The van der Waals surface area contributed by atoms with Gasteiger partial charge in [-0.15, -0.1) is 0 Å². The molecule has 0 aliphatic carbocycles. The summed E-state index contributed by atoms with van der Waals surface area (Å²) in [5.41, 5.74) is 1.26. The van der Waals surface area contributed by atoms with Crippen molar-refractivity contribution < 1.29 is 9.53 Å². The van der Waals surface area contributed by atoms with Crippen LogP contribution in [0.4, 0.5) is 0 Å². The van der Waals surface area contributed by atoms with E-state index in [2.05, 4.69) is 4.99 Å². The van der Waals surface area contributed by atoms with Gasteiger partial charge in [0.05, 0.1) is 6.61 Å². The third-order valence-electron chi connectivity index (χ3n) is 2.46. The Morgan fingerprint density at radius 3 is 2.71 bits per heavy atom. The van der Waals surface area contributed by atoms with Crippen molar-refractivity contribution in [2.45, 2.75) is 6.92 Å². The number of benzene rings is 1. The van der Waals surface area contributed by atoms with E-state index >= 15 is 0 Å². The molecule has 0 atom stereocenters. The van der Waals surface area contributed by atoms with Crippen LogP contribution in [0.2, 0.25) is 0 Å². The number of aliphatic imine (C=N–C) groups is 1. The van der Waals surface area contributed by atoms with Crippen LogP contribution in [0.3, 0.4) is 0 Å². The van der Waals surface area contributed by atoms with Crippen molar-refractivity contribution in [3.63, 3.8) is 0 Å². The molecular formula is C13H14N2O2. The molecular weight excluding hydrogens is 216 g/mol. The first-order chi connectivity index (χ1) is 8.24. The second-order valence-electron chi connectivity index (χ2n) is 3.62. The average molecular weight is 230 g/mol. The van der Waals surface area contributed by atoms with E-state index in [1.54, 1.807) is 7.05 Å². The van der Waals surface area contributed by atoms with E-state index in [1.807, 2.05) is 37.3 Å². The number of likely N-dealkylation sites (N-methyl/N-ethyl adjacent to an activating group) is 1. The van der Waals surface area contributed by atoms with Crippen molar-refractivity contribution in [1.29, 1.82) is 0 Å². The molecule has 0 N–H and O–H groups in total. The lowest BCUT2D eigenvalue weighted by atomic mass is 10.2. The molecule has 1 heterocycles. The van der Waals surface area contributed by atoms with E-state index in [0.717, 1.165) is 5.56 Å². The highest BCUT2D eigenvalue weighted by Crippen LogP contribution is 2.17. The first-order valence-corrected chi connectivity index (χ1v) is 5.48. The molecule has 4 nitrogen and oxygen atoms in total. The average Bonchev–Trinajstić information content (AvgIpc) is 2.65. The molecule has 1 amide bonds. The summed E-state index contributed by atoms with van der Waals surface area (Å²) in [6.45, 7) is 2.39. The molecule has 1 aliphatic rings. The Labute approximate surface area is 100 Å². The maximum Gasteiger partial charge on any atom is 0.281 e. The minimum absolute atomic E-state index is 0.141. The molecule has 0 saturated heterocycles. The van der Waals surface area contributed by atoms with Crippen LogP contribution in [-0.4, -0.2) is 30.3 Å². The zero-order chi connectivity index (χ0) is 12.3. The fourth-order valence-corrected chi connectivity index (χ4v) is 1.59. The van der Waals surface area contributed by atoms with Crippen molar-refractivity contribution in [2.24, 2.45) is 4.99 Å². The largest absolute Gasteiger partial charge is 0.499 e. The first-order valence-electron chi connectivity index (χ1n) is 5.48. The fraction of sp³-hybridized carbons (Fsp3) is 0.231. The van der Waals surface area contributed by atoms with Crippen LogP contribution in [0, 0.1) is 0 Å². The highest BCUT2D eigenvalue weighted by atomic mass is 16.5. The van der Waals surface area contributed by atoms with Crippen molar-refractivity contribution in [3.05, 3.63) is 47.9 Å². The molecule has 4 heteroatoms. The zero-order valence-electron chi connectivity index (χ0n) is 9.88. The van der Waals surface area contributed by atoms with Gasteiger partial charge in [-0.1, -0.05) is 30.3 Å². The summed E-state index contributed by atoms with van der Waals surface area (Å²) in [6, 6.07) is 9.61. The number of amidine groups is 1. The number of hydrogen-bond donors (Lipinski definition) is 0. The number of amides is 1. The van der Waals surface area contributed by atoms with Gasteiger partial charge in [-0.05, 0) is 6.92 Å². The minimum Gasteiger partial charge on any atom is -0.499 e. The number of carbonyl (C=O) groups is 1. The van der Waals surface area contributed by atoms with Gasteiger partial charge in [0.2, 0.25) is 0 Å². The molecule has 0 fully saturated rings. The Morgan fingerprint density at radius 2 is 2.06 bits per heavy atom. The third kappa shape index (κ3) is 2.20. The molecule has 0 unspecified atom stereocenters. The lowest BCUT2D eigenvalue weighted by Gasteiger charge is -2.10. The molecule has 0 spiro atoms. The number of rotatable bonds is 3. The number of ether oxygens (including phenoxy) is 1. The molecule has 0 radical (unpaired) electrons.